The van der Waals surface area contributed by atoms with Crippen molar-refractivity contribution in [3.8, 4) is 5.69 Å². The second-order valence-corrected chi connectivity index (χ2v) is 7.71. The van der Waals surface area contributed by atoms with Gasteiger partial charge >= 0.3 is 0 Å². The van der Waals surface area contributed by atoms with Gasteiger partial charge in [0, 0.05) is 10.4 Å². The summed E-state index contributed by atoms with van der Waals surface area (Å²) in [5.74, 6) is 0.517. The Morgan fingerprint density at radius 2 is 1.77 bits per heavy atom. The van der Waals surface area contributed by atoms with Gasteiger partial charge in [0.1, 0.15) is 5.78 Å². The number of benzene rings is 2. The summed E-state index contributed by atoms with van der Waals surface area (Å²) in [7, 11) is 0. The first-order valence-corrected chi connectivity index (χ1v) is 9.77. The third-order valence-corrected chi connectivity index (χ3v) is 5.79. The lowest BCUT2D eigenvalue weighted by molar-refractivity contribution is -0.120. The Kier molecular flexibility index (Phi) is 4.82. The van der Waals surface area contributed by atoms with Crippen LogP contribution in [0.3, 0.4) is 0 Å². The van der Waals surface area contributed by atoms with Crippen molar-refractivity contribution in [2.75, 3.05) is 0 Å². The van der Waals surface area contributed by atoms with E-state index >= 15 is 0 Å². The summed E-state index contributed by atoms with van der Waals surface area (Å²) < 4.78 is 1.96. The summed E-state index contributed by atoms with van der Waals surface area (Å²) in [6, 6.07) is 15.8. The minimum atomic E-state index is -0.113. The molecule has 0 aliphatic heterocycles. The molecule has 1 fully saturated rings. The molecule has 1 atom stereocenters. The van der Waals surface area contributed by atoms with Crippen molar-refractivity contribution in [3.05, 3.63) is 59.2 Å². The molecule has 2 aromatic carbocycles. The Morgan fingerprint density at radius 3 is 2.46 bits per heavy atom. The molecule has 0 radical (unpaired) electrons. The number of hydrogen-bond donors (Lipinski definition) is 0. The van der Waals surface area contributed by atoms with Crippen molar-refractivity contribution in [2.24, 2.45) is 5.92 Å². The van der Waals surface area contributed by atoms with Crippen LogP contribution in [0.4, 0.5) is 0 Å². The van der Waals surface area contributed by atoms with Gasteiger partial charge in [0.2, 0.25) is 0 Å². The predicted molar refractivity (Wildman–Crippen MR) is 106 cm³/mol. The van der Waals surface area contributed by atoms with E-state index in [1.807, 2.05) is 47.1 Å². The summed E-state index contributed by atoms with van der Waals surface area (Å²) >= 11 is 6.07. The Balaban J connectivity index is 1.92. The van der Waals surface area contributed by atoms with Crippen LogP contribution < -0.4 is 0 Å². The average Bonchev–Trinajstić information content (AvgIpc) is 3.03. The largest absolute Gasteiger partial charge is 0.299 e. The number of carbonyl (C=O) groups is 1. The minimum Gasteiger partial charge on any atom is -0.299 e. The highest BCUT2D eigenvalue weighted by molar-refractivity contribution is 6.30. The van der Waals surface area contributed by atoms with Crippen LogP contribution in [0.2, 0.25) is 5.02 Å². The van der Waals surface area contributed by atoms with Crippen LogP contribution in [-0.4, -0.2) is 15.6 Å². The maximum absolute atomic E-state index is 12.8. The Hall–Kier alpha value is -2.13. The molecule has 0 N–H and O–H groups in total. The summed E-state index contributed by atoms with van der Waals surface area (Å²) in [6.45, 7) is 1.73. The van der Waals surface area contributed by atoms with E-state index in [1.165, 1.54) is 19.3 Å². The fourth-order valence-electron chi connectivity index (χ4n) is 4.35. The molecule has 0 saturated heterocycles. The Morgan fingerprint density at radius 1 is 1.08 bits per heavy atom. The number of fused-ring (bicyclic) bond motifs is 1. The van der Waals surface area contributed by atoms with Crippen LogP contribution in [-0.2, 0) is 4.79 Å². The first kappa shape index (κ1) is 17.3. The van der Waals surface area contributed by atoms with Crippen LogP contribution in [0.1, 0.15) is 50.6 Å². The van der Waals surface area contributed by atoms with E-state index in [9.17, 15) is 4.79 Å². The third kappa shape index (κ3) is 3.16. The molecule has 1 aromatic heterocycles. The minimum absolute atomic E-state index is 0.113. The second-order valence-electron chi connectivity index (χ2n) is 7.28. The molecule has 1 aliphatic carbocycles. The molecule has 0 spiro atoms. The highest BCUT2D eigenvalue weighted by atomic mass is 35.5. The smallest absolute Gasteiger partial charge is 0.139 e. The zero-order valence-corrected chi connectivity index (χ0v) is 15.7. The molecule has 0 amide bonds. The van der Waals surface area contributed by atoms with Crippen LogP contribution in [0, 0.1) is 5.92 Å². The van der Waals surface area contributed by atoms with Gasteiger partial charge in [-0.15, -0.1) is 0 Å². The average molecular weight is 367 g/mol. The van der Waals surface area contributed by atoms with Gasteiger partial charge in [-0.3, -0.25) is 4.79 Å². The molecule has 134 valence electrons. The zero-order chi connectivity index (χ0) is 18.1. The van der Waals surface area contributed by atoms with Gasteiger partial charge in [-0.05, 0) is 56.0 Å². The summed E-state index contributed by atoms with van der Waals surface area (Å²) in [5, 5.41) is 6.61. The highest BCUT2D eigenvalue weighted by Gasteiger charge is 2.33. The Labute approximate surface area is 159 Å². The van der Waals surface area contributed by atoms with Gasteiger partial charge in [0.25, 0.3) is 0 Å². The number of aromatic nitrogens is 2. The van der Waals surface area contributed by atoms with Gasteiger partial charge in [-0.2, -0.15) is 5.10 Å². The maximum Gasteiger partial charge on any atom is 0.139 e. The van der Waals surface area contributed by atoms with Crippen LogP contribution in [0.15, 0.2) is 48.5 Å². The lowest BCUT2D eigenvalue weighted by atomic mass is 9.76. The maximum atomic E-state index is 12.8. The molecule has 4 rings (SSSR count). The third-order valence-electron chi connectivity index (χ3n) is 5.54. The number of ketones is 1. The van der Waals surface area contributed by atoms with Crippen molar-refractivity contribution in [1.29, 1.82) is 0 Å². The fourth-order valence-corrected chi connectivity index (χ4v) is 4.47. The number of nitrogens with zero attached hydrogens (tertiary/aromatic N) is 2. The van der Waals surface area contributed by atoms with Crippen molar-refractivity contribution in [3.63, 3.8) is 0 Å². The first-order valence-electron chi connectivity index (χ1n) is 9.39. The molecule has 1 unspecified atom stereocenters. The number of hydrogen-bond acceptors (Lipinski definition) is 2. The van der Waals surface area contributed by atoms with Crippen molar-refractivity contribution >= 4 is 28.3 Å². The van der Waals surface area contributed by atoms with Gasteiger partial charge in [-0.25, -0.2) is 4.68 Å². The van der Waals surface area contributed by atoms with Crippen molar-refractivity contribution in [2.45, 2.75) is 44.9 Å². The number of rotatable bonds is 4. The highest BCUT2D eigenvalue weighted by Crippen LogP contribution is 2.40. The monoisotopic (exact) mass is 366 g/mol. The van der Waals surface area contributed by atoms with E-state index in [2.05, 4.69) is 6.07 Å². The van der Waals surface area contributed by atoms with E-state index in [-0.39, 0.29) is 11.7 Å². The van der Waals surface area contributed by atoms with Gasteiger partial charge in [0.15, 0.2) is 0 Å². The zero-order valence-electron chi connectivity index (χ0n) is 15.0. The standard InChI is InChI=1S/C22H23ClN2O/c1-15(26)21(16-7-3-2-4-8-16)22-19-9-5-6-10-20(19)24-25(22)18-13-11-17(23)12-14-18/h5-6,9-14,16,21H,2-4,7-8H2,1H3. The second kappa shape index (κ2) is 7.24. The van der Waals surface area contributed by atoms with Crippen molar-refractivity contribution in [1.82, 2.24) is 9.78 Å². The van der Waals surface area contributed by atoms with Crippen LogP contribution >= 0.6 is 11.6 Å². The van der Waals surface area contributed by atoms with Gasteiger partial charge < -0.3 is 0 Å². The van der Waals surface area contributed by atoms with Gasteiger partial charge in [0.05, 0.1) is 22.8 Å². The Bertz CT molecular complexity index is 923. The molecule has 1 heterocycles. The normalized spacial score (nSPS) is 16.7. The molecule has 1 aliphatic rings. The first-order chi connectivity index (χ1) is 12.6. The summed E-state index contributed by atoms with van der Waals surface area (Å²) in [6.07, 6.45) is 5.93. The van der Waals surface area contributed by atoms with E-state index in [4.69, 9.17) is 16.7 Å². The molecular weight excluding hydrogens is 344 g/mol. The molecular formula is C22H23ClN2O. The van der Waals surface area contributed by atoms with E-state index in [0.29, 0.717) is 10.9 Å². The molecule has 4 heteroatoms. The van der Waals surface area contributed by atoms with Crippen molar-refractivity contribution < 1.29 is 4.79 Å². The van der Waals surface area contributed by atoms with E-state index in [1.54, 1.807) is 6.92 Å². The summed E-state index contributed by atoms with van der Waals surface area (Å²) in [5.41, 5.74) is 2.91. The summed E-state index contributed by atoms with van der Waals surface area (Å²) in [4.78, 5) is 12.8. The molecule has 26 heavy (non-hydrogen) atoms. The quantitative estimate of drug-likeness (QED) is 0.573. The van der Waals surface area contributed by atoms with Gasteiger partial charge in [-0.1, -0.05) is 49.1 Å². The predicted octanol–water partition coefficient (Wildman–Crippen LogP) is 5.93. The van der Waals surface area contributed by atoms with Crippen LogP contribution in [0.5, 0.6) is 0 Å². The molecule has 1 saturated carbocycles. The molecule has 3 nitrogen and oxygen atoms in total. The number of Topliss-reactive ketones (excluding diaryl/α,β-unsaturated/α-hetero) is 1. The SMILES string of the molecule is CC(=O)C(c1c2ccccc2nn1-c1ccc(Cl)cc1)C1CCCCC1. The van der Waals surface area contributed by atoms with Crippen LogP contribution in [0.25, 0.3) is 16.6 Å². The van der Waals surface area contributed by atoms with E-state index < -0.39 is 0 Å². The molecule has 0 bridgehead atoms. The lowest BCUT2D eigenvalue weighted by Crippen LogP contribution is -2.24. The van der Waals surface area contributed by atoms with E-state index in [0.717, 1.165) is 35.1 Å². The topological polar surface area (TPSA) is 34.9 Å². The lowest BCUT2D eigenvalue weighted by Gasteiger charge is -2.29. The fraction of sp³-hybridized carbons (Fsp3) is 0.364. The molecule has 3 aromatic rings. The number of carbonyl (C=O) groups excluding carboxylic acids is 1. The number of halogens is 1.